The van der Waals surface area contributed by atoms with Crippen molar-refractivity contribution in [3.05, 3.63) is 29.6 Å². The molecular weight excluding hydrogens is 265 g/mol. The van der Waals surface area contributed by atoms with E-state index in [-0.39, 0.29) is 11.9 Å². The maximum absolute atomic E-state index is 13.2. The van der Waals surface area contributed by atoms with Crippen LogP contribution in [0.5, 0.6) is 5.75 Å². The molecule has 0 radical (unpaired) electrons. The molecule has 0 saturated heterocycles. The second-order valence-corrected chi connectivity index (χ2v) is 6.55. The van der Waals surface area contributed by atoms with Gasteiger partial charge >= 0.3 is 0 Å². The average molecular weight is 293 g/mol. The first-order valence-electron chi connectivity index (χ1n) is 8.27. The van der Waals surface area contributed by atoms with Gasteiger partial charge in [-0.2, -0.15) is 0 Å². The highest BCUT2D eigenvalue weighted by Crippen LogP contribution is 2.31. The monoisotopic (exact) mass is 293 g/mol. The van der Waals surface area contributed by atoms with Gasteiger partial charge in [-0.15, -0.1) is 0 Å². The molecule has 2 nitrogen and oxygen atoms in total. The molecule has 0 fully saturated rings. The van der Waals surface area contributed by atoms with Crippen molar-refractivity contribution in [3.63, 3.8) is 0 Å². The standard InChI is InChI=1S/C18H28FNO/c1-4-9-20-16(10-13(2)3)6-7-17-12-14-11-15(19)5-8-18(14)21-17/h5,8,11,13,16-17,20H,4,6-7,9-10,12H2,1-3H3. The SMILES string of the molecule is CCCNC(CCC1Cc2cc(F)ccc2O1)CC(C)C. The van der Waals surface area contributed by atoms with E-state index in [2.05, 4.69) is 26.1 Å². The summed E-state index contributed by atoms with van der Waals surface area (Å²) in [6, 6.07) is 5.40. The molecule has 1 aromatic carbocycles. The molecule has 21 heavy (non-hydrogen) atoms. The third-order valence-electron chi connectivity index (χ3n) is 4.04. The van der Waals surface area contributed by atoms with Gasteiger partial charge in [0.1, 0.15) is 17.7 Å². The number of hydrogen-bond donors (Lipinski definition) is 1. The van der Waals surface area contributed by atoms with Gasteiger partial charge in [-0.3, -0.25) is 0 Å². The van der Waals surface area contributed by atoms with Crippen LogP contribution in [0.3, 0.4) is 0 Å². The fourth-order valence-electron chi connectivity index (χ4n) is 3.06. The molecule has 1 aromatic rings. The largest absolute Gasteiger partial charge is 0.490 e. The molecule has 3 heteroatoms. The summed E-state index contributed by atoms with van der Waals surface area (Å²) in [5.74, 6) is 1.40. The van der Waals surface area contributed by atoms with Crippen molar-refractivity contribution in [1.29, 1.82) is 0 Å². The maximum Gasteiger partial charge on any atom is 0.123 e. The third kappa shape index (κ3) is 4.99. The lowest BCUT2D eigenvalue weighted by atomic mass is 9.97. The van der Waals surface area contributed by atoms with Crippen molar-refractivity contribution in [2.75, 3.05) is 6.54 Å². The number of hydrogen-bond acceptors (Lipinski definition) is 2. The summed E-state index contributed by atoms with van der Waals surface area (Å²) in [4.78, 5) is 0. The van der Waals surface area contributed by atoms with Crippen LogP contribution in [-0.2, 0) is 6.42 Å². The van der Waals surface area contributed by atoms with Gasteiger partial charge in [0.25, 0.3) is 0 Å². The molecule has 1 aliphatic heterocycles. The molecule has 0 amide bonds. The van der Waals surface area contributed by atoms with Crippen LogP contribution in [0.2, 0.25) is 0 Å². The van der Waals surface area contributed by atoms with E-state index in [0.717, 1.165) is 37.1 Å². The van der Waals surface area contributed by atoms with Crippen LogP contribution < -0.4 is 10.1 Å². The van der Waals surface area contributed by atoms with E-state index in [9.17, 15) is 4.39 Å². The molecule has 2 atom stereocenters. The van der Waals surface area contributed by atoms with Gasteiger partial charge in [0, 0.05) is 18.0 Å². The first-order valence-corrected chi connectivity index (χ1v) is 8.27. The fourth-order valence-corrected chi connectivity index (χ4v) is 3.06. The van der Waals surface area contributed by atoms with Gasteiger partial charge in [0.2, 0.25) is 0 Å². The molecule has 0 aliphatic carbocycles. The summed E-state index contributed by atoms with van der Waals surface area (Å²) in [5.41, 5.74) is 1.02. The predicted molar refractivity (Wildman–Crippen MR) is 85.3 cm³/mol. The summed E-state index contributed by atoms with van der Waals surface area (Å²) in [7, 11) is 0. The van der Waals surface area contributed by atoms with Gasteiger partial charge in [-0.25, -0.2) is 4.39 Å². The lowest BCUT2D eigenvalue weighted by Gasteiger charge is -2.22. The highest BCUT2D eigenvalue weighted by atomic mass is 19.1. The van der Waals surface area contributed by atoms with Crippen molar-refractivity contribution in [2.24, 2.45) is 5.92 Å². The topological polar surface area (TPSA) is 21.3 Å². The van der Waals surface area contributed by atoms with Crippen molar-refractivity contribution in [1.82, 2.24) is 5.32 Å². The number of halogens is 1. The Bertz CT molecular complexity index is 447. The average Bonchev–Trinajstić information content (AvgIpc) is 2.83. The smallest absolute Gasteiger partial charge is 0.123 e. The van der Waals surface area contributed by atoms with Gasteiger partial charge in [-0.1, -0.05) is 20.8 Å². The first kappa shape index (κ1) is 16.3. The molecule has 0 aromatic heterocycles. The van der Waals surface area contributed by atoms with E-state index in [1.54, 1.807) is 12.1 Å². The van der Waals surface area contributed by atoms with E-state index in [1.165, 1.54) is 18.9 Å². The van der Waals surface area contributed by atoms with Gasteiger partial charge in [0.05, 0.1) is 0 Å². The first-order chi connectivity index (χ1) is 10.1. The molecule has 0 saturated carbocycles. The fraction of sp³-hybridized carbons (Fsp3) is 0.667. The molecule has 1 heterocycles. The van der Waals surface area contributed by atoms with Gasteiger partial charge in [0.15, 0.2) is 0 Å². The quantitative estimate of drug-likeness (QED) is 0.770. The van der Waals surface area contributed by atoms with Crippen LogP contribution >= 0.6 is 0 Å². The van der Waals surface area contributed by atoms with Crippen molar-refractivity contribution < 1.29 is 9.13 Å². The predicted octanol–water partition coefficient (Wildman–Crippen LogP) is 4.32. The summed E-state index contributed by atoms with van der Waals surface area (Å²) in [6.07, 6.45) is 5.58. The summed E-state index contributed by atoms with van der Waals surface area (Å²) >= 11 is 0. The lowest BCUT2D eigenvalue weighted by molar-refractivity contribution is 0.207. The molecular formula is C18H28FNO. The number of ether oxygens (including phenoxy) is 1. The van der Waals surface area contributed by atoms with Crippen molar-refractivity contribution in [2.45, 2.75) is 65.0 Å². The van der Waals surface area contributed by atoms with Crippen LogP contribution in [0.1, 0.15) is 52.0 Å². The maximum atomic E-state index is 13.2. The normalized spacial score (nSPS) is 18.6. The Hall–Kier alpha value is -1.09. The van der Waals surface area contributed by atoms with Crippen molar-refractivity contribution >= 4 is 0 Å². The van der Waals surface area contributed by atoms with Crippen molar-refractivity contribution in [3.8, 4) is 5.75 Å². The second-order valence-electron chi connectivity index (χ2n) is 6.55. The van der Waals surface area contributed by atoms with Crippen LogP contribution in [0.25, 0.3) is 0 Å². The Morgan fingerprint density at radius 2 is 2.19 bits per heavy atom. The van der Waals surface area contributed by atoms with Crippen LogP contribution in [-0.4, -0.2) is 18.7 Å². The Morgan fingerprint density at radius 3 is 2.90 bits per heavy atom. The van der Waals surface area contributed by atoms with Crippen LogP contribution in [0, 0.1) is 11.7 Å². The number of fused-ring (bicyclic) bond motifs is 1. The number of benzene rings is 1. The summed E-state index contributed by atoms with van der Waals surface area (Å²) in [6.45, 7) is 7.82. The Labute approximate surface area is 128 Å². The molecule has 0 spiro atoms. The summed E-state index contributed by atoms with van der Waals surface area (Å²) in [5, 5.41) is 3.64. The van der Waals surface area contributed by atoms with Crippen LogP contribution in [0.4, 0.5) is 4.39 Å². The molecule has 118 valence electrons. The Morgan fingerprint density at radius 1 is 1.38 bits per heavy atom. The minimum atomic E-state index is -0.166. The van der Waals surface area contributed by atoms with Gasteiger partial charge < -0.3 is 10.1 Å². The second kappa shape index (κ2) is 7.79. The zero-order valence-corrected chi connectivity index (χ0v) is 13.5. The number of rotatable bonds is 8. The lowest BCUT2D eigenvalue weighted by Crippen LogP contribution is -2.32. The zero-order chi connectivity index (χ0) is 15.2. The van der Waals surface area contributed by atoms with Crippen LogP contribution in [0.15, 0.2) is 18.2 Å². The molecule has 0 bridgehead atoms. The van der Waals surface area contributed by atoms with E-state index < -0.39 is 0 Å². The highest BCUT2D eigenvalue weighted by molar-refractivity contribution is 5.37. The third-order valence-corrected chi connectivity index (χ3v) is 4.04. The number of nitrogens with one attached hydrogen (secondary N) is 1. The minimum absolute atomic E-state index is 0.166. The molecule has 2 rings (SSSR count). The van der Waals surface area contributed by atoms with E-state index >= 15 is 0 Å². The Kier molecular flexibility index (Phi) is 6.04. The van der Waals surface area contributed by atoms with Gasteiger partial charge in [-0.05, 0) is 56.3 Å². The minimum Gasteiger partial charge on any atom is -0.490 e. The summed E-state index contributed by atoms with van der Waals surface area (Å²) < 4.78 is 19.1. The molecule has 1 N–H and O–H groups in total. The molecule has 1 aliphatic rings. The molecule has 2 unspecified atom stereocenters. The van der Waals surface area contributed by atoms with E-state index in [0.29, 0.717) is 12.0 Å². The van der Waals surface area contributed by atoms with E-state index in [4.69, 9.17) is 4.74 Å². The highest BCUT2D eigenvalue weighted by Gasteiger charge is 2.24. The Balaban J connectivity index is 1.82. The van der Waals surface area contributed by atoms with E-state index in [1.807, 2.05) is 0 Å². The zero-order valence-electron chi connectivity index (χ0n) is 13.5.